The van der Waals surface area contributed by atoms with Crippen LogP contribution >= 0.6 is 0 Å². The summed E-state index contributed by atoms with van der Waals surface area (Å²) in [5.41, 5.74) is 0. The molecule has 0 radical (unpaired) electrons. The Kier molecular flexibility index (Phi) is 6.38. The average Bonchev–Trinajstić information content (AvgIpc) is 2.22. The zero-order valence-electron chi connectivity index (χ0n) is 11.4. The highest BCUT2D eigenvalue weighted by Crippen LogP contribution is 2.09. The van der Waals surface area contributed by atoms with Crippen LogP contribution in [-0.4, -0.2) is 62.9 Å². The van der Waals surface area contributed by atoms with E-state index in [0.29, 0.717) is 0 Å². The van der Waals surface area contributed by atoms with Crippen molar-refractivity contribution in [3.05, 3.63) is 0 Å². The second kappa shape index (κ2) is 6.98. The lowest BCUT2D eigenvalue weighted by Gasteiger charge is -2.23. The van der Waals surface area contributed by atoms with E-state index in [4.69, 9.17) is 9.47 Å². The normalized spacial score (nSPS) is 11.9. The number of hydrogen-bond donors (Lipinski definition) is 0. The summed E-state index contributed by atoms with van der Waals surface area (Å²) < 4.78 is 10.2. The van der Waals surface area contributed by atoms with Crippen LogP contribution in [-0.2, 0) is 9.47 Å². The molecule has 6 heteroatoms. The van der Waals surface area contributed by atoms with Crippen molar-refractivity contribution in [1.82, 2.24) is 9.80 Å². The Hall–Kier alpha value is -1.46. The summed E-state index contributed by atoms with van der Waals surface area (Å²) in [5.74, 6) is 0.0777. The molecule has 0 aliphatic heterocycles. The van der Waals surface area contributed by atoms with Gasteiger partial charge in [-0.25, -0.2) is 9.59 Å². The molecule has 0 bridgehead atoms. The predicted molar refractivity (Wildman–Crippen MR) is 63.8 cm³/mol. The van der Waals surface area contributed by atoms with Gasteiger partial charge in [-0.1, -0.05) is 13.8 Å². The highest BCUT2D eigenvalue weighted by Gasteiger charge is 2.21. The molecule has 0 fully saturated rings. The van der Waals surface area contributed by atoms with Crippen LogP contribution in [0.3, 0.4) is 0 Å². The van der Waals surface area contributed by atoms with Crippen LogP contribution in [0.4, 0.5) is 9.59 Å². The number of carbonyl (C=O) groups excluding carboxylic acids is 2. The van der Waals surface area contributed by atoms with Crippen molar-refractivity contribution in [2.24, 2.45) is 5.92 Å². The number of hydrogen-bond acceptors (Lipinski definition) is 4. The number of amides is 2. The highest BCUT2D eigenvalue weighted by atomic mass is 16.6. The quantitative estimate of drug-likeness (QED) is 0.752. The van der Waals surface area contributed by atoms with Crippen LogP contribution in [0.1, 0.15) is 13.8 Å². The Balaban J connectivity index is 4.26. The Bertz CT molecular complexity index is 264. The third-order valence-electron chi connectivity index (χ3n) is 2.10. The first-order valence-electron chi connectivity index (χ1n) is 5.47. The van der Waals surface area contributed by atoms with E-state index in [0.717, 1.165) is 0 Å². The monoisotopic (exact) mass is 246 g/mol. The Morgan fingerprint density at radius 1 is 1.00 bits per heavy atom. The van der Waals surface area contributed by atoms with E-state index in [1.54, 1.807) is 28.2 Å². The molecule has 1 unspecified atom stereocenters. The highest BCUT2D eigenvalue weighted by molar-refractivity contribution is 5.67. The number of nitrogens with zero attached hydrogens (tertiary/aromatic N) is 2. The van der Waals surface area contributed by atoms with Gasteiger partial charge in [0, 0.05) is 28.2 Å². The number of rotatable bonds is 4. The van der Waals surface area contributed by atoms with E-state index < -0.39 is 18.3 Å². The molecule has 100 valence electrons. The fourth-order valence-electron chi connectivity index (χ4n) is 0.880. The van der Waals surface area contributed by atoms with Crippen molar-refractivity contribution in [1.29, 1.82) is 0 Å². The average molecular weight is 246 g/mol. The molecular weight excluding hydrogens is 224 g/mol. The lowest BCUT2D eigenvalue weighted by Crippen LogP contribution is -2.35. The molecule has 0 saturated heterocycles. The van der Waals surface area contributed by atoms with E-state index in [1.807, 2.05) is 13.8 Å². The summed E-state index contributed by atoms with van der Waals surface area (Å²) in [6, 6.07) is 0. The number of ether oxygens (including phenoxy) is 2. The summed E-state index contributed by atoms with van der Waals surface area (Å²) in [6.45, 7) is 3.86. The van der Waals surface area contributed by atoms with Gasteiger partial charge in [-0.15, -0.1) is 0 Å². The van der Waals surface area contributed by atoms with Gasteiger partial charge in [-0.05, 0) is 5.92 Å². The van der Waals surface area contributed by atoms with E-state index in [1.165, 1.54) is 9.80 Å². The van der Waals surface area contributed by atoms with Crippen LogP contribution in [0.25, 0.3) is 0 Å². The molecule has 0 spiro atoms. The summed E-state index contributed by atoms with van der Waals surface area (Å²) in [4.78, 5) is 25.3. The van der Waals surface area contributed by atoms with E-state index in [-0.39, 0.29) is 12.5 Å². The smallest absolute Gasteiger partial charge is 0.409 e. The van der Waals surface area contributed by atoms with Crippen molar-refractivity contribution < 1.29 is 19.1 Å². The zero-order chi connectivity index (χ0) is 13.6. The van der Waals surface area contributed by atoms with Gasteiger partial charge in [-0.2, -0.15) is 0 Å². The molecular formula is C11H22N2O4. The predicted octanol–water partition coefficient (Wildman–Crippen LogP) is 1.41. The molecule has 0 rings (SSSR count). The molecule has 0 N–H and O–H groups in total. The summed E-state index contributed by atoms with van der Waals surface area (Å²) in [6.07, 6.45) is -1.32. The third-order valence-corrected chi connectivity index (χ3v) is 2.10. The Morgan fingerprint density at radius 3 is 1.82 bits per heavy atom. The van der Waals surface area contributed by atoms with E-state index in [2.05, 4.69) is 0 Å². The molecule has 0 saturated carbocycles. The van der Waals surface area contributed by atoms with Crippen LogP contribution in [0.2, 0.25) is 0 Å². The van der Waals surface area contributed by atoms with Crippen LogP contribution < -0.4 is 0 Å². The molecule has 1 atom stereocenters. The maximum absolute atomic E-state index is 11.4. The lowest BCUT2D eigenvalue weighted by molar-refractivity contribution is 0.00486. The summed E-state index contributed by atoms with van der Waals surface area (Å²) in [7, 11) is 6.40. The van der Waals surface area contributed by atoms with Crippen molar-refractivity contribution >= 4 is 12.2 Å². The minimum Gasteiger partial charge on any atom is -0.445 e. The zero-order valence-corrected chi connectivity index (χ0v) is 11.4. The SMILES string of the molecule is CC(C)C(COC(=O)N(C)C)OC(=O)N(C)C. The first-order valence-corrected chi connectivity index (χ1v) is 5.47. The maximum atomic E-state index is 11.4. The molecule has 17 heavy (non-hydrogen) atoms. The van der Waals surface area contributed by atoms with Crippen LogP contribution in [0.15, 0.2) is 0 Å². The molecule has 2 amide bonds. The van der Waals surface area contributed by atoms with Gasteiger partial charge in [0.2, 0.25) is 0 Å². The van der Waals surface area contributed by atoms with Gasteiger partial charge in [0.1, 0.15) is 12.7 Å². The van der Waals surface area contributed by atoms with Gasteiger partial charge in [0.05, 0.1) is 0 Å². The van der Waals surface area contributed by atoms with Crippen LogP contribution in [0, 0.1) is 5.92 Å². The molecule has 0 aromatic rings. The lowest BCUT2D eigenvalue weighted by atomic mass is 10.1. The standard InChI is InChI=1S/C11H22N2O4/c1-8(2)9(17-11(15)13(5)6)7-16-10(14)12(3)4/h8-9H,7H2,1-6H3. The Morgan fingerprint density at radius 2 is 1.47 bits per heavy atom. The van der Waals surface area contributed by atoms with Gasteiger partial charge < -0.3 is 19.3 Å². The van der Waals surface area contributed by atoms with Crippen LogP contribution in [0.5, 0.6) is 0 Å². The number of carbonyl (C=O) groups is 2. The van der Waals surface area contributed by atoms with Gasteiger partial charge in [-0.3, -0.25) is 0 Å². The van der Waals surface area contributed by atoms with E-state index in [9.17, 15) is 9.59 Å². The molecule has 0 aromatic heterocycles. The minimum absolute atomic E-state index is 0.0638. The molecule has 0 aliphatic rings. The summed E-state index contributed by atoms with van der Waals surface area (Å²) >= 11 is 0. The topological polar surface area (TPSA) is 59.1 Å². The second-order valence-electron chi connectivity index (χ2n) is 4.53. The third kappa shape index (κ3) is 5.99. The van der Waals surface area contributed by atoms with Crippen molar-refractivity contribution in [3.63, 3.8) is 0 Å². The summed E-state index contributed by atoms with van der Waals surface area (Å²) in [5, 5.41) is 0. The maximum Gasteiger partial charge on any atom is 0.409 e. The first-order chi connectivity index (χ1) is 7.75. The van der Waals surface area contributed by atoms with Gasteiger partial charge >= 0.3 is 12.2 Å². The van der Waals surface area contributed by atoms with Crippen molar-refractivity contribution in [3.8, 4) is 0 Å². The first kappa shape index (κ1) is 15.5. The largest absolute Gasteiger partial charge is 0.445 e. The van der Waals surface area contributed by atoms with Gasteiger partial charge in [0.25, 0.3) is 0 Å². The molecule has 0 aromatic carbocycles. The minimum atomic E-state index is -0.448. The van der Waals surface area contributed by atoms with E-state index >= 15 is 0 Å². The molecule has 0 heterocycles. The van der Waals surface area contributed by atoms with Crippen molar-refractivity contribution in [2.75, 3.05) is 34.8 Å². The Labute approximate surface area is 102 Å². The van der Waals surface area contributed by atoms with Crippen molar-refractivity contribution in [2.45, 2.75) is 20.0 Å². The molecule has 6 nitrogen and oxygen atoms in total. The second-order valence-corrected chi connectivity index (χ2v) is 4.53. The molecule has 0 aliphatic carbocycles. The van der Waals surface area contributed by atoms with Gasteiger partial charge in [0.15, 0.2) is 0 Å². The fraction of sp³-hybridized carbons (Fsp3) is 0.818. The fourth-order valence-corrected chi connectivity index (χ4v) is 0.880.